The van der Waals surface area contributed by atoms with Crippen molar-refractivity contribution < 1.29 is 0 Å². The maximum atomic E-state index is 2.51. The van der Waals surface area contributed by atoms with Gasteiger partial charge in [-0.15, -0.1) is 0 Å². The highest BCUT2D eigenvalue weighted by Crippen LogP contribution is 2.43. The predicted molar refractivity (Wildman–Crippen MR) is 149 cm³/mol. The van der Waals surface area contributed by atoms with Crippen molar-refractivity contribution in [3.8, 4) is 22.3 Å². The average Bonchev–Trinajstić information content (AvgIpc) is 2.95. The number of para-hydroxylation sites is 2. The first kappa shape index (κ1) is 21.2. The van der Waals surface area contributed by atoms with Gasteiger partial charge in [0.05, 0.1) is 11.4 Å². The topological polar surface area (TPSA) is 3.24 Å². The molecular weight excluding hydrogens is 422 g/mol. The molecule has 0 bridgehead atoms. The molecule has 0 heterocycles. The summed E-state index contributed by atoms with van der Waals surface area (Å²) in [5.41, 5.74) is 8.66. The van der Waals surface area contributed by atoms with E-state index in [2.05, 4.69) is 144 Å². The Morgan fingerprint density at radius 1 is 0.457 bits per heavy atom. The molecule has 0 unspecified atom stereocenters. The molecule has 1 aliphatic rings. The van der Waals surface area contributed by atoms with Crippen LogP contribution in [0, 0.1) is 0 Å². The zero-order chi connectivity index (χ0) is 23.5. The van der Waals surface area contributed by atoms with Gasteiger partial charge in [0.25, 0.3) is 0 Å². The van der Waals surface area contributed by atoms with Gasteiger partial charge in [0.2, 0.25) is 0 Å². The van der Waals surface area contributed by atoms with Crippen LogP contribution in [0.15, 0.2) is 133 Å². The van der Waals surface area contributed by atoms with E-state index < -0.39 is 0 Å². The van der Waals surface area contributed by atoms with E-state index >= 15 is 0 Å². The van der Waals surface area contributed by atoms with Gasteiger partial charge in [-0.1, -0.05) is 127 Å². The van der Waals surface area contributed by atoms with E-state index in [9.17, 15) is 0 Å². The molecule has 0 amide bonds. The van der Waals surface area contributed by atoms with Crippen molar-refractivity contribution in [2.24, 2.45) is 0 Å². The van der Waals surface area contributed by atoms with Crippen molar-refractivity contribution in [3.05, 3.63) is 144 Å². The highest BCUT2D eigenvalue weighted by molar-refractivity contribution is 5.95. The second kappa shape index (κ2) is 9.48. The van der Waals surface area contributed by atoms with E-state index in [1.807, 2.05) is 0 Å². The van der Waals surface area contributed by atoms with E-state index in [0.29, 0.717) is 0 Å². The molecule has 0 aliphatic heterocycles. The van der Waals surface area contributed by atoms with Crippen molar-refractivity contribution in [2.75, 3.05) is 4.90 Å². The fraction of sp³-hybridized carbons (Fsp3) is 0.0588. The molecule has 35 heavy (non-hydrogen) atoms. The molecule has 1 nitrogen and oxygen atoms in total. The number of nitrogens with zero attached hydrogens (tertiary/aromatic N) is 1. The quantitative estimate of drug-likeness (QED) is 0.268. The highest BCUT2D eigenvalue weighted by Gasteiger charge is 2.22. The van der Waals surface area contributed by atoms with E-state index in [4.69, 9.17) is 0 Å². The van der Waals surface area contributed by atoms with Gasteiger partial charge >= 0.3 is 0 Å². The van der Waals surface area contributed by atoms with Crippen molar-refractivity contribution in [2.45, 2.75) is 12.8 Å². The van der Waals surface area contributed by atoms with Gasteiger partial charge in [-0.2, -0.15) is 0 Å². The van der Waals surface area contributed by atoms with Gasteiger partial charge < -0.3 is 4.90 Å². The summed E-state index contributed by atoms with van der Waals surface area (Å²) in [6.45, 7) is 0. The summed E-state index contributed by atoms with van der Waals surface area (Å²) in [4.78, 5) is 2.51. The third-order valence-corrected chi connectivity index (χ3v) is 6.75. The van der Waals surface area contributed by atoms with Crippen LogP contribution in [0.2, 0.25) is 0 Å². The van der Waals surface area contributed by atoms with E-state index in [-0.39, 0.29) is 0 Å². The molecule has 0 saturated carbocycles. The van der Waals surface area contributed by atoms with Crippen LogP contribution < -0.4 is 15.3 Å². The SMILES string of the molecule is C1=c2ccccc2=C(N(c2ccccc2-c2ccccc2)c2ccccc2-c2ccccc2)CC1. The predicted octanol–water partition coefficient (Wildman–Crippen LogP) is 7.54. The molecule has 1 aliphatic carbocycles. The van der Waals surface area contributed by atoms with Crippen molar-refractivity contribution in [3.63, 3.8) is 0 Å². The fourth-order valence-electron chi connectivity index (χ4n) is 5.15. The number of anilines is 2. The van der Waals surface area contributed by atoms with Gasteiger partial charge in [0, 0.05) is 22.0 Å². The van der Waals surface area contributed by atoms with Crippen LogP contribution in [-0.2, 0) is 0 Å². The van der Waals surface area contributed by atoms with Crippen LogP contribution in [0.5, 0.6) is 0 Å². The van der Waals surface area contributed by atoms with Gasteiger partial charge in [-0.3, -0.25) is 0 Å². The van der Waals surface area contributed by atoms with E-state index in [0.717, 1.165) is 12.8 Å². The Kier molecular flexibility index (Phi) is 5.74. The lowest BCUT2D eigenvalue weighted by molar-refractivity contribution is 1.03. The van der Waals surface area contributed by atoms with Crippen LogP contribution in [0.3, 0.4) is 0 Å². The minimum absolute atomic E-state index is 0.989. The van der Waals surface area contributed by atoms with Gasteiger partial charge in [0.1, 0.15) is 0 Å². The zero-order valence-electron chi connectivity index (χ0n) is 19.6. The number of rotatable bonds is 5. The van der Waals surface area contributed by atoms with Gasteiger partial charge in [-0.25, -0.2) is 0 Å². The first-order chi connectivity index (χ1) is 17.4. The Morgan fingerprint density at radius 2 is 0.943 bits per heavy atom. The molecule has 0 radical (unpaired) electrons. The zero-order valence-corrected chi connectivity index (χ0v) is 19.6. The summed E-state index contributed by atoms with van der Waals surface area (Å²) < 4.78 is 0. The standard InChI is InChI=1S/C34H27N/c1-3-14-26(15-4-1)29-21-9-11-23-32(29)35(34-25-13-19-28-18-7-8-20-31(28)34)33-24-12-10-22-30(33)27-16-5-2-6-17-27/h1-12,14-24H,13,25H2. The van der Waals surface area contributed by atoms with Crippen molar-refractivity contribution in [1.29, 1.82) is 0 Å². The summed E-state index contributed by atoms with van der Waals surface area (Å²) >= 11 is 0. The molecule has 0 aromatic heterocycles. The lowest BCUT2D eigenvalue weighted by Gasteiger charge is -2.33. The number of hydrogen-bond acceptors (Lipinski definition) is 1. The van der Waals surface area contributed by atoms with Crippen LogP contribution in [0.25, 0.3) is 34.0 Å². The third-order valence-electron chi connectivity index (χ3n) is 6.75. The Labute approximate surface area is 206 Å². The molecule has 5 aromatic carbocycles. The highest BCUT2D eigenvalue weighted by atomic mass is 15.2. The van der Waals surface area contributed by atoms with Gasteiger partial charge in [0.15, 0.2) is 0 Å². The molecule has 5 aromatic rings. The minimum atomic E-state index is 0.989. The van der Waals surface area contributed by atoms with Crippen LogP contribution in [0.1, 0.15) is 12.8 Å². The molecule has 0 fully saturated rings. The monoisotopic (exact) mass is 449 g/mol. The molecule has 0 saturated heterocycles. The first-order valence-corrected chi connectivity index (χ1v) is 12.3. The van der Waals surface area contributed by atoms with E-state index in [1.165, 1.54) is 49.8 Å². The molecule has 0 N–H and O–H groups in total. The summed E-state index contributed by atoms with van der Waals surface area (Å²) in [6, 6.07) is 47.8. The maximum absolute atomic E-state index is 2.51. The summed E-state index contributed by atoms with van der Waals surface area (Å²) in [5, 5.41) is 2.62. The molecule has 6 rings (SSSR count). The summed E-state index contributed by atoms with van der Waals surface area (Å²) in [5.74, 6) is 0. The first-order valence-electron chi connectivity index (χ1n) is 12.3. The molecule has 0 atom stereocenters. The second-order valence-electron chi connectivity index (χ2n) is 8.88. The number of fused-ring (bicyclic) bond motifs is 1. The smallest absolute Gasteiger partial charge is 0.0537 e. The molecule has 0 spiro atoms. The van der Waals surface area contributed by atoms with E-state index in [1.54, 1.807) is 0 Å². The molecule has 168 valence electrons. The maximum Gasteiger partial charge on any atom is 0.0537 e. The number of hydrogen-bond donors (Lipinski definition) is 0. The van der Waals surface area contributed by atoms with Crippen LogP contribution >= 0.6 is 0 Å². The lowest BCUT2D eigenvalue weighted by Crippen LogP contribution is -2.35. The van der Waals surface area contributed by atoms with Crippen LogP contribution in [0.4, 0.5) is 11.4 Å². The number of benzene rings is 5. The van der Waals surface area contributed by atoms with Crippen LogP contribution in [-0.4, -0.2) is 0 Å². The average molecular weight is 450 g/mol. The third kappa shape index (κ3) is 4.06. The van der Waals surface area contributed by atoms with Gasteiger partial charge in [-0.05, 0) is 41.3 Å². The summed E-state index contributed by atoms with van der Waals surface area (Å²) in [7, 11) is 0. The molecular formula is C34H27N. The fourth-order valence-corrected chi connectivity index (χ4v) is 5.15. The summed E-state index contributed by atoms with van der Waals surface area (Å²) in [6.07, 6.45) is 4.39. The second-order valence-corrected chi connectivity index (χ2v) is 8.88. The minimum Gasteiger partial charge on any atom is -0.312 e. The largest absolute Gasteiger partial charge is 0.312 e. The Morgan fingerprint density at radius 3 is 1.54 bits per heavy atom. The Hall–Kier alpha value is -4.36. The van der Waals surface area contributed by atoms with Crippen molar-refractivity contribution in [1.82, 2.24) is 0 Å². The van der Waals surface area contributed by atoms with Crippen molar-refractivity contribution >= 4 is 23.1 Å². The normalized spacial score (nSPS) is 12.5. The Bertz CT molecular complexity index is 1500. The lowest BCUT2D eigenvalue weighted by atomic mass is 9.96. The Balaban J connectivity index is 1.68. The molecule has 1 heteroatoms.